The maximum atomic E-state index is 12.1. The van der Waals surface area contributed by atoms with Gasteiger partial charge in [-0.05, 0) is 24.6 Å². The van der Waals surface area contributed by atoms with Crippen LogP contribution in [-0.2, 0) is 14.8 Å². The number of hydrogen-bond donors (Lipinski definition) is 3. The first-order chi connectivity index (χ1) is 9.74. The van der Waals surface area contributed by atoms with Gasteiger partial charge in [0.2, 0.25) is 15.9 Å². The van der Waals surface area contributed by atoms with Crippen molar-refractivity contribution in [3.05, 3.63) is 29.3 Å². The molecule has 1 heterocycles. The van der Waals surface area contributed by atoms with Gasteiger partial charge in [0.1, 0.15) is 0 Å². The lowest BCUT2D eigenvalue weighted by Crippen LogP contribution is -2.36. The lowest BCUT2D eigenvalue weighted by atomic mass is 10.1. The Hall–Kier alpha value is -2.09. The van der Waals surface area contributed by atoms with E-state index in [1.807, 2.05) is 0 Å². The maximum Gasteiger partial charge on any atom is 0.251 e. The molecule has 0 saturated carbocycles. The summed E-state index contributed by atoms with van der Waals surface area (Å²) >= 11 is 0. The van der Waals surface area contributed by atoms with E-state index >= 15 is 0 Å². The lowest BCUT2D eigenvalue weighted by molar-refractivity contribution is -0.119. The predicted octanol–water partition coefficient (Wildman–Crippen LogP) is -0.0152. The maximum absolute atomic E-state index is 12.1. The Morgan fingerprint density at radius 3 is 2.67 bits per heavy atom. The first-order valence-corrected chi connectivity index (χ1v) is 8.30. The Morgan fingerprint density at radius 1 is 1.38 bits per heavy atom. The molecule has 2 amide bonds. The molecule has 1 atom stereocenters. The SMILES string of the molecule is Cc1ccc(C(=O)NC2CNC(=O)C2)cc1NS(C)(=O)=O. The molecule has 0 radical (unpaired) electrons. The normalized spacial score (nSPS) is 18.2. The van der Waals surface area contributed by atoms with Crippen molar-refractivity contribution >= 4 is 27.5 Å². The van der Waals surface area contributed by atoms with E-state index in [1.54, 1.807) is 19.1 Å². The van der Waals surface area contributed by atoms with E-state index in [9.17, 15) is 18.0 Å². The Kier molecular flexibility index (Phi) is 4.17. The highest BCUT2D eigenvalue weighted by molar-refractivity contribution is 7.92. The fourth-order valence-electron chi connectivity index (χ4n) is 2.05. The Morgan fingerprint density at radius 2 is 2.10 bits per heavy atom. The number of hydrogen-bond acceptors (Lipinski definition) is 4. The highest BCUT2D eigenvalue weighted by atomic mass is 32.2. The van der Waals surface area contributed by atoms with Crippen LogP contribution in [0.3, 0.4) is 0 Å². The largest absolute Gasteiger partial charge is 0.354 e. The first kappa shape index (κ1) is 15.3. The van der Waals surface area contributed by atoms with Crippen LogP contribution in [0, 0.1) is 6.92 Å². The molecule has 3 N–H and O–H groups in total. The standard InChI is InChI=1S/C13H17N3O4S/c1-8-3-4-9(5-11(8)16-21(2,19)20)13(18)15-10-6-12(17)14-7-10/h3-5,10,16H,6-7H2,1-2H3,(H,14,17)(H,15,18). The van der Waals surface area contributed by atoms with Crippen molar-refractivity contribution in [3.8, 4) is 0 Å². The summed E-state index contributed by atoms with van der Waals surface area (Å²) in [4.78, 5) is 23.2. The van der Waals surface area contributed by atoms with Crippen LogP contribution in [-0.4, -0.2) is 39.1 Å². The molecule has 0 spiro atoms. The highest BCUT2D eigenvalue weighted by Crippen LogP contribution is 2.18. The van der Waals surface area contributed by atoms with Gasteiger partial charge in [-0.3, -0.25) is 14.3 Å². The third-order valence-corrected chi connectivity index (χ3v) is 3.70. The lowest BCUT2D eigenvalue weighted by Gasteiger charge is -2.13. The quantitative estimate of drug-likeness (QED) is 0.727. The molecule has 2 rings (SSSR count). The van der Waals surface area contributed by atoms with Crippen molar-refractivity contribution in [1.29, 1.82) is 0 Å². The molecule has 7 nitrogen and oxygen atoms in total. The van der Waals surface area contributed by atoms with Crippen molar-refractivity contribution in [2.45, 2.75) is 19.4 Å². The molecule has 114 valence electrons. The van der Waals surface area contributed by atoms with Crippen LogP contribution in [0.2, 0.25) is 0 Å². The monoisotopic (exact) mass is 311 g/mol. The molecular formula is C13H17N3O4S. The van der Waals surface area contributed by atoms with Crippen LogP contribution in [0.1, 0.15) is 22.3 Å². The summed E-state index contributed by atoms with van der Waals surface area (Å²) in [6.07, 6.45) is 1.31. The van der Waals surface area contributed by atoms with Crippen LogP contribution in [0.4, 0.5) is 5.69 Å². The Balaban J connectivity index is 2.14. The molecule has 8 heteroatoms. The second kappa shape index (κ2) is 5.72. The molecule has 1 unspecified atom stereocenters. The van der Waals surface area contributed by atoms with E-state index in [1.165, 1.54) is 6.07 Å². The summed E-state index contributed by atoms with van der Waals surface area (Å²) in [5.74, 6) is -0.434. The second-order valence-corrected chi connectivity index (χ2v) is 6.83. The molecule has 1 fully saturated rings. The molecule has 0 aromatic heterocycles. The second-order valence-electron chi connectivity index (χ2n) is 5.08. The minimum atomic E-state index is -3.41. The number of anilines is 1. The van der Waals surface area contributed by atoms with Crippen LogP contribution in [0.5, 0.6) is 0 Å². The van der Waals surface area contributed by atoms with E-state index in [-0.39, 0.29) is 24.3 Å². The highest BCUT2D eigenvalue weighted by Gasteiger charge is 2.23. The van der Waals surface area contributed by atoms with Gasteiger partial charge >= 0.3 is 0 Å². The third kappa shape index (κ3) is 4.19. The minimum Gasteiger partial charge on any atom is -0.354 e. The van der Waals surface area contributed by atoms with E-state index in [0.717, 1.165) is 11.8 Å². The van der Waals surface area contributed by atoms with E-state index in [4.69, 9.17) is 0 Å². The molecule has 1 aromatic rings. The molecule has 21 heavy (non-hydrogen) atoms. The number of carbonyl (C=O) groups is 2. The van der Waals surface area contributed by atoms with Gasteiger partial charge in [0, 0.05) is 18.5 Å². The summed E-state index contributed by atoms with van der Waals surface area (Å²) in [5.41, 5.74) is 1.42. The first-order valence-electron chi connectivity index (χ1n) is 6.40. The molecule has 1 aromatic carbocycles. The van der Waals surface area contributed by atoms with Crippen molar-refractivity contribution in [1.82, 2.24) is 10.6 Å². The van der Waals surface area contributed by atoms with Crippen LogP contribution >= 0.6 is 0 Å². The number of rotatable bonds is 4. The number of benzene rings is 1. The minimum absolute atomic E-state index is 0.0939. The van der Waals surface area contributed by atoms with E-state index in [2.05, 4.69) is 15.4 Å². The van der Waals surface area contributed by atoms with Crippen molar-refractivity contribution < 1.29 is 18.0 Å². The van der Waals surface area contributed by atoms with Gasteiger partial charge in [-0.25, -0.2) is 8.42 Å². The van der Waals surface area contributed by atoms with Crippen LogP contribution in [0.15, 0.2) is 18.2 Å². The zero-order chi connectivity index (χ0) is 15.6. The van der Waals surface area contributed by atoms with Crippen molar-refractivity contribution in [2.24, 2.45) is 0 Å². The smallest absolute Gasteiger partial charge is 0.251 e. The molecule has 1 aliphatic rings. The van der Waals surface area contributed by atoms with Crippen LogP contribution in [0.25, 0.3) is 0 Å². The summed E-state index contributed by atoms with van der Waals surface area (Å²) in [7, 11) is -3.41. The van der Waals surface area contributed by atoms with Crippen molar-refractivity contribution in [3.63, 3.8) is 0 Å². The Labute approximate surface area is 123 Å². The number of sulfonamides is 1. The average Bonchev–Trinajstić information content (AvgIpc) is 2.75. The zero-order valence-electron chi connectivity index (χ0n) is 11.8. The molecular weight excluding hydrogens is 294 g/mol. The zero-order valence-corrected chi connectivity index (χ0v) is 12.6. The van der Waals surface area contributed by atoms with Gasteiger partial charge in [0.05, 0.1) is 18.0 Å². The summed E-state index contributed by atoms with van der Waals surface area (Å²) in [6, 6.07) is 4.52. The average molecular weight is 311 g/mol. The van der Waals surface area contributed by atoms with Gasteiger partial charge in [-0.2, -0.15) is 0 Å². The topological polar surface area (TPSA) is 104 Å². The number of carbonyl (C=O) groups excluding carboxylic acids is 2. The number of amides is 2. The predicted molar refractivity (Wildman–Crippen MR) is 78.5 cm³/mol. The molecule has 1 saturated heterocycles. The summed E-state index contributed by atoms with van der Waals surface area (Å²) in [6.45, 7) is 2.15. The summed E-state index contributed by atoms with van der Waals surface area (Å²) < 4.78 is 25.0. The Bertz CT molecular complexity index is 685. The molecule has 0 aliphatic carbocycles. The fraction of sp³-hybridized carbons (Fsp3) is 0.385. The number of aryl methyl sites for hydroxylation is 1. The molecule has 0 bridgehead atoms. The van der Waals surface area contributed by atoms with Crippen LogP contribution < -0.4 is 15.4 Å². The van der Waals surface area contributed by atoms with Gasteiger partial charge in [0.25, 0.3) is 5.91 Å². The number of nitrogens with one attached hydrogen (secondary N) is 3. The molecule has 1 aliphatic heterocycles. The van der Waals surface area contributed by atoms with Gasteiger partial charge in [-0.15, -0.1) is 0 Å². The van der Waals surface area contributed by atoms with Gasteiger partial charge < -0.3 is 10.6 Å². The third-order valence-electron chi connectivity index (χ3n) is 3.11. The van der Waals surface area contributed by atoms with Crippen molar-refractivity contribution in [2.75, 3.05) is 17.5 Å². The van der Waals surface area contributed by atoms with Gasteiger partial charge in [-0.1, -0.05) is 6.07 Å². The summed E-state index contributed by atoms with van der Waals surface area (Å²) in [5, 5.41) is 5.37. The van der Waals surface area contributed by atoms with E-state index < -0.39 is 10.0 Å². The van der Waals surface area contributed by atoms with Gasteiger partial charge in [0.15, 0.2) is 0 Å². The van der Waals surface area contributed by atoms with E-state index in [0.29, 0.717) is 17.8 Å². The fourth-order valence-corrected chi connectivity index (χ4v) is 2.67.